The summed E-state index contributed by atoms with van der Waals surface area (Å²) in [5.41, 5.74) is 0. The summed E-state index contributed by atoms with van der Waals surface area (Å²) in [5.74, 6) is 1.20. The first-order chi connectivity index (χ1) is 7.25. The van der Waals surface area contributed by atoms with Crippen molar-refractivity contribution in [3.05, 3.63) is 52.8 Å². The molecule has 0 aliphatic heterocycles. The third-order valence-electron chi connectivity index (χ3n) is 1.78. The van der Waals surface area contributed by atoms with Crippen LogP contribution in [0.25, 0.3) is 0 Å². The van der Waals surface area contributed by atoms with Crippen LogP contribution in [-0.2, 0) is 0 Å². The minimum atomic E-state index is 0.528. The van der Waals surface area contributed by atoms with E-state index in [4.69, 9.17) is 27.9 Å². The van der Waals surface area contributed by atoms with E-state index in [0.29, 0.717) is 21.5 Å². The van der Waals surface area contributed by atoms with Crippen LogP contribution in [0.2, 0.25) is 10.0 Å². The van der Waals surface area contributed by atoms with Crippen molar-refractivity contribution >= 4 is 23.2 Å². The molecule has 2 rings (SSSR count). The number of rotatable bonds is 2. The number of benzene rings is 1. The Morgan fingerprint density at radius 2 is 1.73 bits per heavy atom. The van der Waals surface area contributed by atoms with Crippen LogP contribution in [0.4, 0.5) is 0 Å². The van der Waals surface area contributed by atoms with Gasteiger partial charge in [0, 0.05) is 11.2 Å². The van der Waals surface area contributed by atoms with E-state index in [0.717, 1.165) is 0 Å². The molecule has 0 aliphatic rings. The number of aromatic nitrogens is 1. The van der Waals surface area contributed by atoms with Crippen molar-refractivity contribution in [1.82, 2.24) is 4.98 Å². The van der Waals surface area contributed by atoms with Gasteiger partial charge in [0.25, 0.3) is 0 Å². The SMILES string of the molecule is Clc1ccc(Oc2cnccc2Cl)cc1. The fourth-order valence-corrected chi connectivity index (χ4v) is 1.34. The Bertz CT molecular complexity index is 456. The molecule has 4 heteroatoms. The highest BCUT2D eigenvalue weighted by molar-refractivity contribution is 6.32. The number of halogens is 2. The normalized spacial score (nSPS) is 10.0. The van der Waals surface area contributed by atoms with Crippen molar-refractivity contribution in [2.24, 2.45) is 0 Å². The van der Waals surface area contributed by atoms with Gasteiger partial charge in [0.2, 0.25) is 0 Å². The molecule has 0 saturated heterocycles. The fraction of sp³-hybridized carbons (Fsp3) is 0. The maximum absolute atomic E-state index is 5.91. The monoisotopic (exact) mass is 239 g/mol. The molecule has 1 heterocycles. The average molecular weight is 240 g/mol. The van der Waals surface area contributed by atoms with E-state index in [-0.39, 0.29) is 0 Å². The summed E-state index contributed by atoms with van der Waals surface area (Å²) in [6, 6.07) is 8.71. The van der Waals surface area contributed by atoms with Gasteiger partial charge in [-0.05, 0) is 30.3 Å². The lowest BCUT2D eigenvalue weighted by molar-refractivity contribution is 0.480. The third-order valence-corrected chi connectivity index (χ3v) is 2.34. The van der Waals surface area contributed by atoms with Crippen molar-refractivity contribution in [2.75, 3.05) is 0 Å². The molecule has 0 atom stereocenters. The zero-order valence-corrected chi connectivity index (χ0v) is 9.16. The highest BCUT2D eigenvalue weighted by Gasteiger charge is 2.01. The molecule has 2 nitrogen and oxygen atoms in total. The Kier molecular flexibility index (Phi) is 3.09. The summed E-state index contributed by atoms with van der Waals surface area (Å²) < 4.78 is 5.51. The Hall–Kier alpha value is -1.25. The second kappa shape index (κ2) is 4.51. The van der Waals surface area contributed by atoms with Crippen LogP contribution < -0.4 is 4.74 Å². The van der Waals surface area contributed by atoms with Crippen molar-refractivity contribution in [3.8, 4) is 11.5 Å². The van der Waals surface area contributed by atoms with Crippen molar-refractivity contribution < 1.29 is 4.74 Å². The largest absolute Gasteiger partial charge is 0.454 e. The Balaban J connectivity index is 2.22. The predicted octanol–water partition coefficient (Wildman–Crippen LogP) is 4.18. The topological polar surface area (TPSA) is 22.1 Å². The standard InChI is InChI=1S/C11H7Cl2NO/c12-8-1-3-9(4-2-8)15-11-7-14-6-5-10(11)13/h1-7H. The zero-order valence-electron chi connectivity index (χ0n) is 7.65. The second-order valence-electron chi connectivity index (χ2n) is 2.86. The van der Waals surface area contributed by atoms with E-state index in [1.165, 1.54) is 0 Å². The van der Waals surface area contributed by atoms with E-state index in [2.05, 4.69) is 4.98 Å². The molecule has 0 radical (unpaired) electrons. The first kappa shape index (κ1) is 10.3. The molecule has 1 aromatic carbocycles. The molecule has 0 bridgehead atoms. The van der Waals surface area contributed by atoms with Crippen LogP contribution in [0.1, 0.15) is 0 Å². The summed E-state index contributed by atoms with van der Waals surface area (Å²) in [7, 11) is 0. The van der Waals surface area contributed by atoms with Crippen molar-refractivity contribution in [1.29, 1.82) is 0 Å². The summed E-state index contributed by atoms with van der Waals surface area (Å²) in [4.78, 5) is 3.92. The van der Waals surface area contributed by atoms with E-state index in [1.807, 2.05) is 0 Å². The van der Waals surface area contributed by atoms with Gasteiger partial charge in [0.05, 0.1) is 11.2 Å². The first-order valence-electron chi connectivity index (χ1n) is 4.28. The van der Waals surface area contributed by atoms with Crippen LogP contribution in [0.5, 0.6) is 11.5 Å². The van der Waals surface area contributed by atoms with E-state index < -0.39 is 0 Å². The quantitative estimate of drug-likeness (QED) is 0.785. The number of hydrogen-bond donors (Lipinski definition) is 0. The highest BCUT2D eigenvalue weighted by atomic mass is 35.5. The van der Waals surface area contributed by atoms with Crippen molar-refractivity contribution in [2.45, 2.75) is 0 Å². The van der Waals surface area contributed by atoms with Gasteiger partial charge in [0.1, 0.15) is 5.75 Å². The molecule has 0 amide bonds. The smallest absolute Gasteiger partial charge is 0.164 e. The zero-order chi connectivity index (χ0) is 10.7. The minimum absolute atomic E-state index is 0.528. The van der Waals surface area contributed by atoms with Gasteiger partial charge in [-0.25, -0.2) is 0 Å². The number of nitrogens with zero attached hydrogens (tertiary/aromatic N) is 1. The van der Waals surface area contributed by atoms with Gasteiger partial charge < -0.3 is 4.74 Å². The van der Waals surface area contributed by atoms with Gasteiger partial charge in [-0.1, -0.05) is 23.2 Å². The molecule has 0 aliphatic carbocycles. The summed E-state index contributed by atoms with van der Waals surface area (Å²) >= 11 is 11.7. The van der Waals surface area contributed by atoms with Crippen LogP contribution >= 0.6 is 23.2 Å². The highest BCUT2D eigenvalue weighted by Crippen LogP contribution is 2.28. The first-order valence-corrected chi connectivity index (χ1v) is 5.04. The number of hydrogen-bond acceptors (Lipinski definition) is 2. The Labute approximate surface area is 97.4 Å². The molecule has 2 aromatic rings. The molecule has 15 heavy (non-hydrogen) atoms. The number of pyridine rings is 1. The van der Waals surface area contributed by atoms with Gasteiger partial charge >= 0.3 is 0 Å². The predicted molar refractivity (Wildman–Crippen MR) is 60.8 cm³/mol. The maximum Gasteiger partial charge on any atom is 0.164 e. The molecule has 0 fully saturated rings. The third kappa shape index (κ3) is 2.61. The maximum atomic E-state index is 5.91. The minimum Gasteiger partial charge on any atom is -0.454 e. The van der Waals surface area contributed by atoms with Gasteiger partial charge in [-0.15, -0.1) is 0 Å². The molecular weight excluding hydrogens is 233 g/mol. The average Bonchev–Trinajstić information content (AvgIpc) is 2.25. The lowest BCUT2D eigenvalue weighted by atomic mass is 10.3. The van der Waals surface area contributed by atoms with Gasteiger partial charge in [0.15, 0.2) is 5.75 Å². The molecule has 0 unspecified atom stereocenters. The molecule has 0 N–H and O–H groups in total. The number of ether oxygens (including phenoxy) is 1. The van der Waals surface area contributed by atoms with Gasteiger partial charge in [-0.3, -0.25) is 4.98 Å². The van der Waals surface area contributed by atoms with Crippen molar-refractivity contribution in [3.63, 3.8) is 0 Å². The fourth-order valence-electron chi connectivity index (χ4n) is 1.07. The summed E-state index contributed by atoms with van der Waals surface area (Å²) in [6.45, 7) is 0. The summed E-state index contributed by atoms with van der Waals surface area (Å²) in [6.07, 6.45) is 3.17. The van der Waals surface area contributed by atoms with E-state index in [9.17, 15) is 0 Å². The molecule has 1 aromatic heterocycles. The van der Waals surface area contributed by atoms with Gasteiger partial charge in [-0.2, -0.15) is 0 Å². The van der Waals surface area contributed by atoms with E-state index in [1.54, 1.807) is 42.7 Å². The lowest BCUT2D eigenvalue weighted by Gasteiger charge is -2.06. The lowest BCUT2D eigenvalue weighted by Crippen LogP contribution is -1.85. The molecular formula is C11H7Cl2NO. The molecule has 76 valence electrons. The Morgan fingerprint density at radius 3 is 2.40 bits per heavy atom. The van der Waals surface area contributed by atoms with E-state index >= 15 is 0 Å². The van der Waals surface area contributed by atoms with Crippen LogP contribution in [-0.4, -0.2) is 4.98 Å². The summed E-state index contributed by atoms with van der Waals surface area (Å²) in [5, 5.41) is 1.19. The Morgan fingerprint density at radius 1 is 1.00 bits per heavy atom. The second-order valence-corrected chi connectivity index (χ2v) is 3.71. The molecule has 0 saturated carbocycles. The molecule has 0 spiro atoms. The van der Waals surface area contributed by atoms with Crippen LogP contribution in [0.15, 0.2) is 42.7 Å². The van der Waals surface area contributed by atoms with Crippen LogP contribution in [0.3, 0.4) is 0 Å². The van der Waals surface area contributed by atoms with Crippen LogP contribution in [0, 0.1) is 0 Å².